The maximum absolute atomic E-state index is 3.88. The van der Waals surface area contributed by atoms with Gasteiger partial charge in [-0.15, -0.1) is 0 Å². The van der Waals surface area contributed by atoms with Crippen molar-refractivity contribution in [3.63, 3.8) is 0 Å². The lowest BCUT2D eigenvalue weighted by Crippen LogP contribution is -2.02. The summed E-state index contributed by atoms with van der Waals surface area (Å²) >= 11 is 0. The van der Waals surface area contributed by atoms with E-state index in [1.54, 1.807) is 6.20 Å². The summed E-state index contributed by atoms with van der Waals surface area (Å²) in [5.41, 5.74) is 4.98. The van der Waals surface area contributed by atoms with Crippen LogP contribution in [0, 0.1) is 12.8 Å². The van der Waals surface area contributed by atoms with Crippen LogP contribution < -0.4 is 5.32 Å². The van der Waals surface area contributed by atoms with Gasteiger partial charge in [0.05, 0.1) is 0 Å². The number of allylic oxidation sites excluding steroid dienone is 7. The molecule has 0 aliphatic rings. The quantitative estimate of drug-likeness (QED) is 0.229. The van der Waals surface area contributed by atoms with Crippen LogP contribution in [0.5, 0.6) is 0 Å². The lowest BCUT2D eigenvalue weighted by Gasteiger charge is -2.05. The number of pyridine rings is 1. The fourth-order valence-electron chi connectivity index (χ4n) is 2.58. The van der Waals surface area contributed by atoms with Crippen LogP contribution >= 0.6 is 0 Å². The molecule has 0 spiro atoms. The molecule has 2 nitrogen and oxygen atoms in total. The zero-order valence-electron chi connectivity index (χ0n) is 26.1. The largest absolute Gasteiger partial charge is 0.365 e. The van der Waals surface area contributed by atoms with Gasteiger partial charge in [0.25, 0.3) is 0 Å². The van der Waals surface area contributed by atoms with E-state index in [0.717, 1.165) is 18.8 Å². The molecule has 0 amide bonds. The van der Waals surface area contributed by atoms with Crippen molar-refractivity contribution >= 4 is 0 Å². The second kappa shape index (κ2) is 30.9. The molecule has 0 bridgehead atoms. The first-order chi connectivity index (χ1) is 17.2. The summed E-state index contributed by atoms with van der Waals surface area (Å²) in [4.78, 5) is 3.88. The molecule has 1 aromatic heterocycles. The normalized spacial score (nSPS) is 12.5. The van der Waals surface area contributed by atoms with Gasteiger partial charge in [-0.2, -0.15) is 0 Å². The Hall–Kier alpha value is -2.09. The van der Waals surface area contributed by atoms with Crippen LogP contribution in [-0.4, -0.2) is 4.98 Å². The summed E-state index contributed by atoms with van der Waals surface area (Å²) in [6, 6.07) is 3.95. The fraction of sp³-hybridized carbons (Fsp3) is 0.618. The summed E-state index contributed by atoms with van der Waals surface area (Å²) in [5.74, 6) is 0.955. The van der Waals surface area contributed by atoms with E-state index in [2.05, 4.69) is 110 Å². The number of aromatic nitrogens is 1. The number of hydrogen-bond acceptors (Lipinski definition) is 2. The lowest BCUT2D eigenvalue weighted by atomic mass is 10.0. The summed E-state index contributed by atoms with van der Waals surface area (Å²) in [6.07, 6.45) is 26.1. The summed E-state index contributed by atoms with van der Waals surface area (Å²) < 4.78 is 0. The minimum absolute atomic E-state index is 0.955. The first kappa shape index (κ1) is 38.4. The summed E-state index contributed by atoms with van der Waals surface area (Å²) in [5, 5.41) is 3.29. The van der Waals surface area contributed by atoms with Gasteiger partial charge in [0.15, 0.2) is 0 Å². The van der Waals surface area contributed by atoms with Crippen molar-refractivity contribution in [1.82, 2.24) is 10.3 Å². The Kier molecular flexibility index (Phi) is 33.0. The number of nitrogens with zero attached hydrogens (tertiary/aromatic N) is 1. The number of nitrogens with one attached hydrogen (secondary N) is 1. The van der Waals surface area contributed by atoms with Crippen LogP contribution in [0.25, 0.3) is 0 Å². The van der Waals surface area contributed by atoms with Crippen molar-refractivity contribution in [3.8, 4) is 0 Å². The number of rotatable bonds is 12. The van der Waals surface area contributed by atoms with Crippen molar-refractivity contribution in [2.24, 2.45) is 5.92 Å². The topological polar surface area (TPSA) is 24.9 Å². The summed E-state index contributed by atoms with van der Waals surface area (Å²) in [7, 11) is 0. The predicted octanol–water partition coefficient (Wildman–Crippen LogP) is 11.5. The molecule has 36 heavy (non-hydrogen) atoms. The molecule has 0 radical (unpaired) electrons. The monoisotopic (exact) mass is 498 g/mol. The van der Waals surface area contributed by atoms with Crippen molar-refractivity contribution in [3.05, 3.63) is 77.4 Å². The first-order valence-electron chi connectivity index (χ1n) is 14.5. The van der Waals surface area contributed by atoms with Gasteiger partial charge >= 0.3 is 0 Å². The van der Waals surface area contributed by atoms with E-state index in [0.29, 0.717) is 0 Å². The van der Waals surface area contributed by atoms with Gasteiger partial charge in [-0.1, -0.05) is 124 Å². The van der Waals surface area contributed by atoms with E-state index < -0.39 is 0 Å². The van der Waals surface area contributed by atoms with Crippen molar-refractivity contribution in [2.75, 3.05) is 0 Å². The zero-order chi connectivity index (χ0) is 28.0. The Labute approximate surface area is 227 Å². The minimum Gasteiger partial charge on any atom is -0.365 e. The molecule has 1 heterocycles. The maximum Gasteiger partial charge on any atom is 0.0297 e. The van der Waals surface area contributed by atoms with Crippen LogP contribution in [0.2, 0.25) is 0 Å². The molecule has 2 heteroatoms. The molecular formula is C34H62N2. The predicted molar refractivity (Wildman–Crippen MR) is 167 cm³/mol. The van der Waals surface area contributed by atoms with E-state index in [-0.39, 0.29) is 0 Å². The number of hydrogen-bond donors (Lipinski definition) is 1. The van der Waals surface area contributed by atoms with Gasteiger partial charge in [0, 0.05) is 24.3 Å². The van der Waals surface area contributed by atoms with Gasteiger partial charge in [-0.25, -0.2) is 0 Å². The molecule has 0 aliphatic heterocycles. The second-order valence-corrected chi connectivity index (χ2v) is 9.49. The zero-order valence-corrected chi connectivity index (χ0v) is 26.1. The van der Waals surface area contributed by atoms with Gasteiger partial charge in [-0.3, -0.25) is 4.98 Å². The molecule has 1 atom stereocenters. The van der Waals surface area contributed by atoms with Gasteiger partial charge in [-0.05, 0) is 69.2 Å². The van der Waals surface area contributed by atoms with Crippen LogP contribution in [0.4, 0.5) is 0 Å². The standard InChI is InChI=1S/C15H25N.C9H20.C6H7N.C4H10/c1-6-8-9-11-13(3)14(4)12-16-15(5)10-7-2;1-4-6-7-8-9(3)5-2;1-6-3-2-4-7-5-6;1-3-4-2/h8-12,16H,6-7H2,1-5H3;9H,4-8H2,1-3H3;2-5H,1H3;3-4H2,1-2H3/b9-8-,13-11+,14-12+,15-10-;;;. The summed E-state index contributed by atoms with van der Waals surface area (Å²) in [6.45, 7) is 23.9. The highest BCUT2D eigenvalue weighted by Crippen LogP contribution is 2.11. The van der Waals surface area contributed by atoms with E-state index in [1.165, 1.54) is 67.4 Å². The molecule has 0 aliphatic carbocycles. The Bertz CT molecular complexity index is 678. The van der Waals surface area contributed by atoms with Crippen molar-refractivity contribution in [1.29, 1.82) is 0 Å². The molecule has 1 aromatic rings. The minimum atomic E-state index is 0.955. The Morgan fingerprint density at radius 2 is 1.58 bits per heavy atom. The fourth-order valence-corrected chi connectivity index (χ4v) is 2.58. The first-order valence-corrected chi connectivity index (χ1v) is 14.5. The second-order valence-electron chi connectivity index (χ2n) is 9.49. The molecule has 0 saturated carbocycles. The molecule has 1 rings (SSSR count). The molecule has 1 N–H and O–H groups in total. The SMILES string of the molecule is CCCC.CCCCCC(C)CC.CC\C=C/C=C(C)/C(C)=C/N/C(C)=C\CC.Cc1cccnc1. The molecular weight excluding hydrogens is 436 g/mol. The number of unbranched alkanes of at least 4 members (excludes halogenated alkanes) is 3. The maximum atomic E-state index is 3.88. The van der Waals surface area contributed by atoms with E-state index >= 15 is 0 Å². The van der Waals surface area contributed by atoms with Crippen LogP contribution in [0.1, 0.15) is 133 Å². The van der Waals surface area contributed by atoms with Gasteiger partial charge in [0.1, 0.15) is 0 Å². The smallest absolute Gasteiger partial charge is 0.0297 e. The Morgan fingerprint density at radius 3 is 2.00 bits per heavy atom. The Morgan fingerprint density at radius 1 is 0.917 bits per heavy atom. The lowest BCUT2D eigenvalue weighted by molar-refractivity contribution is 0.482. The van der Waals surface area contributed by atoms with Crippen molar-refractivity contribution in [2.45, 2.75) is 134 Å². The third-order valence-electron chi connectivity index (χ3n) is 5.67. The van der Waals surface area contributed by atoms with Gasteiger partial charge < -0.3 is 5.32 Å². The molecule has 1 unspecified atom stereocenters. The van der Waals surface area contributed by atoms with Crippen LogP contribution in [-0.2, 0) is 0 Å². The average Bonchev–Trinajstić information content (AvgIpc) is 2.89. The van der Waals surface area contributed by atoms with Gasteiger partial charge in [0.2, 0.25) is 0 Å². The molecule has 0 saturated heterocycles. The third-order valence-corrected chi connectivity index (χ3v) is 5.67. The highest BCUT2D eigenvalue weighted by Gasteiger charge is 1.96. The molecule has 0 fully saturated rings. The molecule has 208 valence electrons. The number of aryl methyl sites for hydroxylation is 1. The van der Waals surface area contributed by atoms with E-state index in [9.17, 15) is 0 Å². The van der Waals surface area contributed by atoms with E-state index in [1.807, 2.05) is 25.3 Å². The van der Waals surface area contributed by atoms with Crippen molar-refractivity contribution < 1.29 is 0 Å². The third kappa shape index (κ3) is 31.9. The average molecular weight is 499 g/mol. The van der Waals surface area contributed by atoms with Crippen LogP contribution in [0.15, 0.2) is 71.9 Å². The molecule has 0 aromatic carbocycles. The van der Waals surface area contributed by atoms with Crippen LogP contribution in [0.3, 0.4) is 0 Å². The Balaban J connectivity index is -0.000000456. The van der Waals surface area contributed by atoms with E-state index in [4.69, 9.17) is 0 Å². The highest BCUT2D eigenvalue weighted by atomic mass is 14.8. The highest BCUT2D eigenvalue weighted by molar-refractivity contribution is 5.30.